The Labute approximate surface area is 218 Å². The van der Waals surface area contributed by atoms with Gasteiger partial charge in [-0.25, -0.2) is 0 Å². The fourth-order valence-electron chi connectivity index (χ4n) is 7.00. The Morgan fingerprint density at radius 2 is 1.00 bits per heavy atom. The van der Waals surface area contributed by atoms with E-state index in [1.54, 1.807) is 22.5 Å². The van der Waals surface area contributed by atoms with Crippen molar-refractivity contribution < 1.29 is 17.4 Å². The fraction of sp³-hybridized carbons (Fsp3) is 0.286. The van der Waals surface area contributed by atoms with Crippen LogP contribution in [0.3, 0.4) is 0 Å². The number of aromatic nitrogens is 2. The first-order valence-corrected chi connectivity index (χ1v) is 25.4. The zero-order chi connectivity index (χ0) is 22.6. The van der Waals surface area contributed by atoms with Crippen molar-refractivity contribution in [3.8, 4) is 22.3 Å². The normalized spacial score (nSPS) is 17.9. The van der Waals surface area contributed by atoms with Gasteiger partial charge in [0.2, 0.25) is 0 Å². The van der Waals surface area contributed by atoms with Crippen LogP contribution in [-0.2, 0) is 31.5 Å². The summed E-state index contributed by atoms with van der Waals surface area (Å²) in [7, 11) is 4.56. The molecule has 178 valence electrons. The SMILES string of the molecule is Cc1cc2c(n1C)[CH]([Zr]([CH3])([CH3])(=[SiH2])[CH]1c3ccccc3-c3cc(C)n(C)c31)c1ccccc1-2.Cl.Cl. The molecule has 0 N–H and O–H groups in total. The van der Waals surface area contributed by atoms with Gasteiger partial charge >= 0.3 is 195 Å². The van der Waals surface area contributed by atoms with E-state index < -0.39 is 17.4 Å². The molecule has 2 unspecified atom stereocenters. The van der Waals surface area contributed by atoms with Crippen molar-refractivity contribution in [2.24, 2.45) is 14.1 Å². The van der Waals surface area contributed by atoms with Crippen molar-refractivity contribution in [2.75, 3.05) is 0 Å². The first-order valence-electron chi connectivity index (χ1n) is 11.7. The second-order valence-electron chi connectivity index (χ2n) is 11.3. The average Bonchev–Trinajstić information content (AvgIpc) is 3.43. The Morgan fingerprint density at radius 1 is 0.647 bits per heavy atom. The van der Waals surface area contributed by atoms with Gasteiger partial charge in [0, 0.05) is 0 Å². The minimum atomic E-state index is -3.58. The zero-order valence-corrected chi connectivity index (χ0v) is 26.4. The number of rotatable bonds is 2. The van der Waals surface area contributed by atoms with Crippen LogP contribution in [0.5, 0.6) is 0 Å². The standard InChI is InChI=1S/2C13H12N.2CH3.2ClH.H2Si.Zr/c2*1-9-7-12-11-6-4-3-5-10(11)8-13(12)14(9)2;;;;;;/h2*3-8H,1-2H3;2*1H3;2*1H;1H2;. The molecule has 6 rings (SSSR count). The van der Waals surface area contributed by atoms with Crippen molar-refractivity contribution in [2.45, 2.75) is 30.4 Å². The number of fused-ring (bicyclic) bond motifs is 6. The predicted molar refractivity (Wildman–Crippen MR) is 150 cm³/mol. The second-order valence-corrected chi connectivity index (χ2v) is 41.7. The summed E-state index contributed by atoms with van der Waals surface area (Å²) in [6.07, 6.45) is 0. The van der Waals surface area contributed by atoms with Gasteiger partial charge in [-0.2, -0.15) is 0 Å². The van der Waals surface area contributed by atoms with Crippen molar-refractivity contribution >= 4 is 31.7 Å². The van der Waals surface area contributed by atoms with E-state index in [1.807, 2.05) is 0 Å². The third-order valence-electron chi connectivity index (χ3n) is 8.61. The average molecular weight is 589 g/mol. The third kappa shape index (κ3) is 3.15. The van der Waals surface area contributed by atoms with Gasteiger partial charge in [0.1, 0.15) is 0 Å². The van der Waals surface area contributed by atoms with Crippen LogP contribution in [0.4, 0.5) is 0 Å². The van der Waals surface area contributed by atoms with Crippen molar-refractivity contribution in [1.82, 2.24) is 9.13 Å². The van der Waals surface area contributed by atoms with Gasteiger partial charge in [-0.05, 0) is 0 Å². The molecule has 0 saturated heterocycles. The number of hydrogen-bond donors (Lipinski definition) is 0. The molecule has 0 spiro atoms. The van der Waals surface area contributed by atoms with Crippen molar-refractivity contribution in [3.05, 3.63) is 94.6 Å². The summed E-state index contributed by atoms with van der Waals surface area (Å²) in [5, 5.41) is 0. The molecular formula is C28H34Cl2N2SiZr. The molecule has 4 aromatic rings. The summed E-state index contributed by atoms with van der Waals surface area (Å²) in [5.41, 5.74) is 14.8. The molecule has 0 aliphatic heterocycles. The van der Waals surface area contributed by atoms with Crippen LogP contribution in [0.2, 0.25) is 9.26 Å². The summed E-state index contributed by atoms with van der Waals surface area (Å²) in [5.74, 6) is 0. The van der Waals surface area contributed by atoms with Crippen molar-refractivity contribution in [3.63, 3.8) is 0 Å². The van der Waals surface area contributed by atoms with E-state index in [0.717, 1.165) is 0 Å². The molecule has 34 heavy (non-hydrogen) atoms. The van der Waals surface area contributed by atoms with Gasteiger partial charge in [0.15, 0.2) is 0 Å². The third-order valence-corrected chi connectivity index (χ3v) is 25.6. The van der Waals surface area contributed by atoms with Gasteiger partial charge in [-0.3, -0.25) is 0 Å². The van der Waals surface area contributed by atoms with Crippen LogP contribution in [0.15, 0.2) is 60.7 Å². The second kappa shape index (κ2) is 8.10. The maximum absolute atomic E-state index is 3.58. The fourth-order valence-corrected chi connectivity index (χ4v) is 25.1. The van der Waals surface area contributed by atoms with E-state index in [-0.39, 0.29) is 24.8 Å². The van der Waals surface area contributed by atoms with Crippen LogP contribution >= 0.6 is 24.8 Å². The molecule has 0 amide bonds. The Kier molecular flexibility index (Phi) is 6.14. The summed E-state index contributed by atoms with van der Waals surface area (Å²) in [6.45, 7) is 6.95. The molecule has 2 aromatic carbocycles. The van der Waals surface area contributed by atoms with Gasteiger partial charge < -0.3 is 0 Å². The van der Waals surface area contributed by atoms with E-state index in [4.69, 9.17) is 0 Å². The number of aryl methyl sites for hydroxylation is 2. The summed E-state index contributed by atoms with van der Waals surface area (Å²) < 4.78 is 11.5. The molecule has 2 atom stereocenters. The van der Waals surface area contributed by atoms with Crippen LogP contribution < -0.4 is 0 Å². The summed E-state index contributed by atoms with van der Waals surface area (Å²) in [4.78, 5) is 0. The zero-order valence-electron chi connectivity index (χ0n) is 20.8. The Hall–Kier alpha value is -1.32. The minimum absolute atomic E-state index is 0. The van der Waals surface area contributed by atoms with Crippen LogP contribution in [0, 0.1) is 13.8 Å². The number of benzene rings is 2. The molecule has 2 nitrogen and oxygen atoms in total. The maximum atomic E-state index is 2.73. The number of halogens is 2. The van der Waals surface area contributed by atoms with Gasteiger partial charge in [0.05, 0.1) is 0 Å². The van der Waals surface area contributed by atoms with Gasteiger partial charge in [0.25, 0.3) is 0 Å². The summed E-state index contributed by atoms with van der Waals surface area (Å²) >= 11 is -3.58. The maximum Gasteiger partial charge on any atom is -0.147 e. The van der Waals surface area contributed by atoms with E-state index in [9.17, 15) is 0 Å². The van der Waals surface area contributed by atoms with Gasteiger partial charge in [-0.15, -0.1) is 24.8 Å². The van der Waals surface area contributed by atoms with Crippen molar-refractivity contribution in [1.29, 1.82) is 0 Å². The first kappa shape index (κ1) is 25.8. The topological polar surface area (TPSA) is 9.86 Å². The summed E-state index contributed by atoms with van der Waals surface area (Å²) in [6, 6.07) is 23.3. The van der Waals surface area contributed by atoms with E-state index in [2.05, 4.69) is 114 Å². The molecule has 2 heterocycles. The van der Waals surface area contributed by atoms with Crippen LogP contribution in [0.25, 0.3) is 22.3 Å². The Morgan fingerprint density at radius 3 is 1.38 bits per heavy atom. The van der Waals surface area contributed by atoms with Crippen LogP contribution in [-0.4, -0.2) is 16.0 Å². The van der Waals surface area contributed by atoms with E-state index in [0.29, 0.717) is 7.25 Å². The molecule has 0 saturated carbocycles. The molecule has 2 aromatic heterocycles. The predicted octanol–water partition coefficient (Wildman–Crippen LogP) is 7.00. The largest absolute Gasteiger partial charge is 0.147 e. The molecule has 0 radical (unpaired) electrons. The Bertz CT molecular complexity index is 1410. The van der Waals surface area contributed by atoms with Crippen LogP contribution in [0.1, 0.15) is 41.2 Å². The molecule has 2 aliphatic carbocycles. The minimum Gasteiger partial charge on any atom is -0.147 e. The number of hydrogen-bond acceptors (Lipinski definition) is 0. The molecule has 0 bridgehead atoms. The first-order chi connectivity index (χ1) is 15.1. The monoisotopic (exact) mass is 586 g/mol. The Balaban J connectivity index is 0.00000137. The number of nitrogens with zero attached hydrogens (tertiary/aromatic N) is 2. The molecular weight excluding hydrogens is 555 g/mol. The smallest absolute Gasteiger partial charge is 0.147 e. The van der Waals surface area contributed by atoms with E-state index in [1.165, 1.54) is 33.6 Å². The quantitative estimate of drug-likeness (QED) is 0.223. The molecule has 0 fully saturated rings. The van der Waals surface area contributed by atoms with E-state index >= 15 is 0 Å². The van der Waals surface area contributed by atoms with Gasteiger partial charge in [-0.1, -0.05) is 0 Å². The molecule has 6 heteroatoms. The molecule has 2 aliphatic rings.